The van der Waals surface area contributed by atoms with Crippen LogP contribution < -0.4 is 0 Å². The highest BCUT2D eigenvalue weighted by Gasteiger charge is 2.52. The maximum atomic E-state index is 11.8. The Morgan fingerprint density at radius 3 is 2.71 bits per heavy atom. The van der Waals surface area contributed by atoms with Crippen molar-refractivity contribution in [3.05, 3.63) is 41.8 Å². The third-order valence-electron chi connectivity index (χ3n) is 9.12. The van der Waals surface area contributed by atoms with Crippen LogP contribution in [0.2, 0.25) is 0 Å². The number of aromatic nitrogens is 1. The number of ether oxygens (including phenoxy) is 1. The number of aliphatic hydroxyl groups is 1. The van der Waals surface area contributed by atoms with E-state index in [9.17, 15) is 9.90 Å². The predicted octanol–water partition coefficient (Wildman–Crippen LogP) is 5.32. The summed E-state index contributed by atoms with van der Waals surface area (Å²) in [4.78, 5) is 18.9. The van der Waals surface area contributed by atoms with Crippen LogP contribution >= 0.6 is 0 Å². The number of hydrogen-bond donors (Lipinski definition) is 1. The van der Waals surface area contributed by atoms with Gasteiger partial charge in [0, 0.05) is 31.7 Å². The zero-order valence-corrected chi connectivity index (χ0v) is 21.6. The summed E-state index contributed by atoms with van der Waals surface area (Å²) in [7, 11) is 0. The summed E-state index contributed by atoms with van der Waals surface area (Å²) in [6.45, 7) is 11.2. The maximum absolute atomic E-state index is 11.8. The molecule has 0 spiro atoms. The maximum Gasteiger partial charge on any atom is 0.303 e. The van der Waals surface area contributed by atoms with Crippen molar-refractivity contribution >= 4 is 17.1 Å². The number of piperidine rings is 1. The van der Waals surface area contributed by atoms with Gasteiger partial charge in [0.05, 0.1) is 5.60 Å². The highest BCUT2D eigenvalue weighted by molar-refractivity contribution is 5.72. The van der Waals surface area contributed by atoms with Crippen molar-refractivity contribution < 1.29 is 19.1 Å². The van der Waals surface area contributed by atoms with Gasteiger partial charge in [0.2, 0.25) is 0 Å². The molecule has 190 valence electrons. The number of esters is 1. The Balaban J connectivity index is 1.23. The highest BCUT2D eigenvalue weighted by atomic mass is 16.5. The first kappa shape index (κ1) is 24.5. The Morgan fingerprint density at radius 2 is 2.00 bits per heavy atom. The monoisotopic (exact) mass is 480 g/mol. The molecule has 1 saturated heterocycles. The van der Waals surface area contributed by atoms with Crippen molar-refractivity contribution in [3.8, 4) is 0 Å². The minimum Gasteiger partial charge on any atom is -0.458 e. The largest absolute Gasteiger partial charge is 0.458 e. The minimum absolute atomic E-state index is 0.116. The summed E-state index contributed by atoms with van der Waals surface area (Å²) in [5.74, 6) is 2.22. The van der Waals surface area contributed by atoms with Crippen LogP contribution in [0.25, 0.3) is 11.1 Å². The fourth-order valence-electron chi connectivity index (χ4n) is 6.97. The molecule has 0 bridgehead atoms. The van der Waals surface area contributed by atoms with Crippen molar-refractivity contribution in [2.45, 2.75) is 77.4 Å². The summed E-state index contributed by atoms with van der Waals surface area (Å²) in [5.41, 5.74) is 2.10. The Labute approximate surface area is 208 Å². The summed E-state index contributed by atoms with van der Waals surface area (Å²) >= 11 is 0. The Bertz CT molecular complexity index is 1050. The standard InChI is InChI=1S/C29H40N2O4/c1-18-15-24-23(10-9-20(3)29(24,33)16-27(18)34-21(4)32)19(2)17-31-13-11-22(12-14-31)28-30-25-7-5-6-8-26(25)35-28/h5-8,15,19-20,22-24,27,33H,9-14,16-17H2,1-4H3/t19-,20-,23+,24-,27-,29-/m1/s1. The summed E-state index contributed by atoms with van der Waals surface area (Å²) in [6, 6.07) is 8.00. The highest BCUT2D eigenvalue weighted by Crippen LogP contribution is 2.51. The molecular weight excluding hydrogens is 440 g/mol. The predicted molar refractivity (Wildman–Crippen MR) is 136 cm³/mol. The van der Waals surface area contributed by atoms with E-state index in [-0.39, 0.29) is 23.9 Å². The molecule has 1 saturated carbocycles. The van der Waals surface area contributed by atoms with Crippen LogP contribution in [0, 0.1) is 23.7 Å². The number of oxazole rings is 1. The molecule has 2 heterocycles. The van der Waals surface area contributed by atoms with Crippen molar-refractivity contribution in [1.82, 2.24) is 9.88 Å². The molecule has 35 heavy (non-hydrogen) atoms. The van der Waals surface area contributed by atoms with Gasteiger partial charge in [-0.2, -0.15) is 0 Å². The molecule has 1 aromatic heterocycles. The number of fused-ring (bicyclic) bond motifs is 2. The molecule has 6 atom stereocenters. The molecule has 1 N–H and O–H groups in total. The van der Waals surface area contributed by atoms with Crippen LogP contribution in [0.1, 0.15) is 71.6 Å². The van der Waals surface area contributed by atoms with E-state index in [0.29, 0.717) is 24.2 Å². The van der Waals surface area contributed by atoms with Crippen molar-refractivity contribution in [3.63, 3.8) is 0 Å². The van der Waals surface area contributed by atoms with E-state index in [4.69, 9.17) is 14.1 Å². The lowest BCUT2D eigenvalue weighted by molar-refractivity contribution is -0.159. The van der Waals surface area contributed by atoms with Crippen LogP contribution in [0.3, 0.4) is 0 Å². The van der Waals surface area contributed by atoms with E-state index in [1.165, 1.54) is 6.92 Å². The second kappa shape index (κ2) is 9.70. The van der Waals surface area contributed by atoms with Crippen LogP contribution in [0.15, 0.2) is 40.3 Å². The normalized spacial score (nSPS) is 33.2. The molecule has 6 nitrogen and oxygen atoms in total. The van der Waals surface area contributed by atoms with Crippen molar-refractivity contribution in [1.29, 1.82) is 0 Å². The van der Waals surface area contributed by atoms with Gasteiger partial charge in [0.25, 0.3) is 0 Å². The molecule has 2 aliphatic carbocycles. The first-order valence-electron chi connectivity index (χ1n) is 13.4. The van der Waals surface area contributed by atoms with E-state index in [2.05, 4.69) is 24.8 Å². The first-order valence-corrected chi connectivity index (χ1v) is 13.4. The fraction of sp³-hybridized carbons (Fsp3) is 0.655. The molecule has 1 aliphatic heterocycles. The number of carbonyl (C=O) groups excluding carboxylic acids is 1. The molecule has 0 amide bonds. The molecule has 2 fully saturated rings. The van der Waals surface area contributed by atoms with Gasteiger partial charge in [-0.1, -0.05) is 32.1 Å². The lowest BCUT2D eigenvalue weighted by Gasteiger charge is -2.53. The summed E-state index contributed by atoms with van der Waals surface area (Å²) in [5, 5.41) is 11.8. The van der Waals surface area contributed by atoms with Crippen molar-refractivity contribution in [2.75, 3.05) is 19.6 Å². The van der Waals surface area contributed by atoms with Gasteiger partial charge in [-0.15, -0.1) is 0 Å². The molecular formula is C29H40N2O4. The van der Waals surface area contributed by atoms with E-state index >= 15 is 0 Å². The second-order valence-corrected chi connectivity index (χ2v) is 11.4. The SMILES string of the molecule is CC(=O)O[C@@H]1C[C@@]2(O)[C@H](C)CC[C@@H]([C@H](C)CN3CCC(c4nc5ccccc5o4)CC3)[C@H]2C=C1C. The van der Waals surface area contributed by atoms with E-state index in [1.807, 2.05) is 31.2 Å². The number of para-hydroxylation sites is 2. The fourth-order valence-corrected chi connectivity index (χ4v) is 6.97. The molecule has 5 rings (SSSR count). The second-order valence-electron chi connectivity index (χ2n) is 11.4. The van der Waals surface area contributed by atoms with Gasteiger partial charge < -0.3 is 19.2 Å². The van der Waals surface area contributed by atoms with Gasteiger partial charge in [0.15, 0.2) is 11.5 Å². The minimum atomic E-state index is -0.809. The van der Waals surface area contributed by atoms with Gasteiger partial charge in [-0.25, -0.2) is 4.98 Å². The van der Waals surface area contributed by atoms with Gasteiger partial charge in [-0.05, 0) is 81.2 Å². The van der Waals surface area contributed by atoms with E-state index in [0.717, 1.165) is 67.9 Å². The molecule has 1 aromatic carbocycles. The molecule has 0 unspecified atom stereocenters. The van der Waals surface area contributed by atoms with Crippen LogP contribution in [0.5, 0.6) is 0 Å². The average molecular weight is 481 g/mol. The van der Waals surface area contributed by atoms with E-state index < -0.39 is 5.60 Å². The number of rotatable bonds is 5. The third kappa shape index (κ3) is 4.79. The molecule has 2 aromatic rings. The quantitative estimate of drug-likeness (QED) is 0.461. The van der Waals surface area contributed by atoms with Gasteiger partial charge in [-0.3, -0.25) is 4.79 Å². The van der Waals surface area contributed by atoms with Gasteiger partial charge >= 0.3 is 5.97 Å². The zero-order valence-electron chi connectivity index (χ0n) is 21.6. The Morgan fingerprint density at radius 1 is 1.26 bits per heavy atom. The third-order valence-corrected chi connectivity index (χ3v) is 9.12. The summed E-state index contributed by atoms with van der Waals surface area (Å²) < 4.78 is 11.6. The number of hydrogen-bond acceptors (Lipinski definition) is 6. The average Bonchev–Trinajstić information content (AvgIpc) is 3.26. The van der Waals surface area contributed by atoms with Crippen LogP contribution in [-0.2, 0) is 9.53 Å². The number of nitrogens with zero attached hydrogens (tertiary/aromatic N) is 2. The Kier molecular flexibility index (Phi) is 6.79. The van der Waals surface area contributed by atoms with Crippen LogP contribution in [-0.4, -0.2) is 52.3 Å². The number of carbonyl (C=O) groups is 1. The topological polar surface area (TPSA) is 75.8 Å². The van der Waals surface area contributed by atoms with Gasteiger partial charge in [0.1, 0.15) is 11.6 Å². The molecule has 3 aliphatic rings. The van der Waals surface area contributed by atoms with E-state index in [1.54, 1.807) is 0 Å². The lowest BCUT2D eigenvalue weighted by atomic mass is 9.57. The van der Waals surface area contributed by atoms with Crippen LogP contribution in [0.4, 0.5) is 0 Å². The zero-order chi connectivity index (χ0) is 24.7. The molecule has 0 radical (unpaired) electrons. The Hall–Kier alpha value is -2.18. The first-order chi connectivity index (χ1) is 16.7. The van der Waals surface area contributed by atoms with Crippen molar-refractivity contribution in [2.24, 2.45) is 23.7 Å². The molecule has 6 heteroatoms. The lowest BCUT2D eigenvalue weighted by Crippen LogP contribution is -2.56. The number of likely N-dealkylation sites (tertiary alicyclic amines) is 1. The number of benzene rings is 1. The summed E-state index contributed by atoms with van der Waals surface area (Å²) in [6.07, 6.45) is 6.72. The smallest absolute Gasteiger partial charge is 0.303 e.